The van der Waals surface area contributed by atoms with Gasteiger partial charge in [0.1, 0.15) is 0 Å². The summed E-state index contributed by atoms with van der Waals surface area (Å²) in [5.74, 6) is -0.122. The number of unbranched alkanes of at least 4 members (excludes halogenated alkanes) is 16. The molecule has 10 nitrogen and oxygen atoms in total. The third-order valence-electron chi connectivity index (χ3n) is 12.0. The summed E-state index contributed by atoms with van der Waals surface area (Å²) in [5, 5.41) is 20.0. The Hall–Kier alpha value is -1.89. The first-order chi connectivity index (χ1) is 34.0. The number of carbonyl (C=O) groups is 1. The normalized spacial score (nSPS) is 12.8. The number of esters is 1. The second-order valence-corrected chi connectivity index (χ2v) is 18.7. The third-order valence-corrected chi connectivity index (χ3v) is 12.0. The van der Waals surface area contributed by atoms with E-state index in [4.69, 9.17) is 28.4 Å². The number of rotatable bonds is 56. The van der Waals surface area contributed by atoms with E-state index in [2.05, 4.69) is 81.2 Å². The van der Waals surface area contributed by atoms with Gasteiger partial charge in [0.05, 0.1) is 6.61 Å². The number of hydrogen-bond acceptors (Lipinski definition) is 10. The van der Waals surface area contributed by atoms with Gasteiger partial charge in [-0.3, -0.25) is 4.79 Å². The minimum atomic E-state index is -0.740. The van der Waals surface area contributed by atoms with Gasteiger partial charge < -0.3 is 43.5 Å². The molecule has 0 aromatic rings. The van der Waals surface area contributed by atoms with Crippen LogP contribution in [-0.4, -0.2) is 106 Å². The van der Waals surface area contributed by atoms with E-state index in [-0.39, 0.29) is 25.2 Å². The summed E-state index contributed by atoms with van der Waals surface area (Å²) < 4.78 is 35.8. The van der Waals surface area contributed by atoms with Crippen LogP contribution in [0.15, 0.2) is 48.6 Å². The molecule has 0 aromatic heterocycles. The number of nitrogens with zero attached hydrogens (tertiary/aromatic N) is 1. The number of ether oxygens (including phenoxy) is 6. The monoisotopic (exact) mass is 978 g/mol. The minimum Gasteiger partial charge on any atom is -0.466 e. The predicted molar refractivity (Wildman–Crippen MR) is 289 cm³/mol. The van der Waals surface area contributed by atoms with E-state index in [1.807, 2.05) is 0 Å². The van der Waals surface area contributed by atoms with Crippen molar-refractivity contribution in [1.29, 1.82) is 0 Å². The van der Waals surface area contributed by atoms with Gasteiger partial charge in [-0.15, -0.1) is 0 Å². The number of aliphatic hydroxyl groups is 2. The average Bonchev–Trinajstić information content (AvgIpc) is 3.35. The van der Waals surface area contributed by atoms with Gasteiger partial charge in [0, 0.05) is 52.6 Å². The molecule has 0 aliphatic carbocycles. The maximum atomic E-state index is 12.5. The van der Waals surface area contributed by atoms with Gasteiger partial charge in [-0.25, -0.2) is 0 Å². The molecule has 69 heavy (non-hydrogen) atoms. The molecule has 0 aliphatic rings. The molecular formula is C59H111NO9. The van der Waals surface area contributed by atoms with Crippen LogP contribution in [0.25, 0.3) is 0 Å². The highest BCUT2D eigenvalue weighted by Crippen LogP contribution is 2.15. The highest BCUT2D eigenvalue weighted by molar-refractivity contribution is 5.69. The summed E-state index contributed by atoms with van der Waals surface area (Å²) in [7, 11) is 0. The molecule has 0 fully saturated rings. The zero-order valence-electron chi connectivity index (χ0n) is 45.5. The first kappa shape index (κ1) is 67.1. The second-order valence-electron chi connectivity index (χ2n) is 18.7. The lowest BCUT2D eigenvalue weighted by Gasteiger charge is -2.22. The van der Waals surface area contributed by atoms with Crippen molar-refractivity contribution in [1.82, 2.24) is 4.90 Å². The fourth-order valence-electron chi connectivity index (χ4n) is 7.88. The predicted octanol–water partition coefficient (Wildman–Crippen LogP) is 15.1. The van der Waals surface area contributed by atoms with Crippen molar-refractivity contribution in [3.63, 3.8) is 0 Å². The van der Waals surface area contributed by atoms with Crippen molar-refractivity contribution in [2.75, 3.05) is 65.9 Å². The number of allylic oxidation sites excluding steroid dienone is 8. The lowest BCUT2D eigenvalue weighted by atomic mass is 10.1. The van der Waals surface area contributed by atoms with Crippen molar-refractivity contribution in [2.24, 2.45) is 0 Å². The topological polar surface area (TPSA) is 116 Å². The smallest absolute Gasteiger partial charge is 0.305 e. The first-order valence-corrected chi connectivity index (χ1v) is 28.8. The Morgan fingerprint density at radius 2 is 0.768 bits per heavy atom. The van der Waals surface area contributed by atoms with Crippen molar-refractivity contribution < 1.29 is 43.4 Å². The van der Waals surface area contributed by atoms with Crippen LogP contribution in [0.1, 0.15) is 240 Å². The van der Waals surface area contributed by atoms with E-state index < -0.39 is 6.29 Å². The molecule has 0 spiro atoms. The third kappa shape index (κ3) is 52.3. The van der Waals surface area contributed by atoms with Crippen molar-refractivity contribution in [3.05, 3.63) is 48.6 Å². The largest absolute Gasteiger partial charge is 0.466 e. The van der Waals surface area contributed by atoms with Gasteiger partial charge in [-0.1, -0.05) is 115 Å². The van der Waals surface area contributed by atoms with Crippen LogP contribution >= 0.6 is 0 Å². The van der Waals surface area contributed by atoms with Gasteiger partial charge in [0.2, 0.25) is 0 Å². The minimum absolute atomic E-state index is 0.122. The Balaban J connectivity index is 4.18. The summed E-state index contributed by atoms with van der Waals surface area (Å²) in [6.45, 7) is 15.8. The van der Waals surface area contributed by atoms with E-state index in [9.17, 15) is 15.0 Å². The molecule has 0 bridgehead atoms. The molecule has 0 rings (SSSR count). The molecule has 0 heterocycles. The van der Waals surface area contributed by atoms with Crippen LogP contribution in [-0.2, 0) is 33.2 Å². The standard InChI is InChI=1S/C59H111NO9/c1-5-9-13-17-25-35-52-66-58(67-53-36-26-18-14-10-6-2)44-39-42-56(62)64-50-33-29-21-23-31-46-60(48-41-49-61)47-32-24-22-30-34-51-65-57(63)43-40-45-59(68-54-37-27-19-15-11-7-3)69-55-38-28-20-16-12-8-4/h9-16,56,58-59,61-62H,5-8,17-55H2,1-4H3/b13-9-,14-10-,15-11-,16-12-. The molecule has 2 N–H and O–H groups in total. The van der Waals surface area contributed by atoms with E-state index >= 15 is 0 Å². The van der Waals surface area contributed by atoms with E-state index in [0.29, 0.717) is 65.3 Å². The van der Waals surface area contributed by atoms with Crippen LogP contribution in [0.5, 0.6) is 0 Å². The zero-order valence-corrected chi connectivity index (χ0v) is 45.5. The summed E-state index contributed by atoms with van der Waals surface area (Å²) in [6, 6.07) is 0. The Kier molecular flexibility index (Phi) is 55.5. The number of hydrogen-bond donors (Lipinski definition) is 2. The Morgan fingerprint density at radius 3 is 1.20 bits per heavy atom. The van der Waals surface area contributed by atoms with E-state index in [1.165, 1.54) is 12.8 Å². The number of carbonyl (C=O) groups excluding carboxylic acids is 1. The van der Waals surface area contributed by atoms with Crippen molar-refractivity contribution in [3.8, 4) is 0 Å². The van der Waals surface area contributed by atoms with Crippen LogP contribution < -0.4 is 0 Å². The van der Waals surface area contributed by atoms with Crippen LogP contribution in [0.3, 0.4) is 0 Å². The molecule has 1 unspecified atom stereocenters. The molecule has 0 aromatic carbocycles. The lowest BCUT2D eigenvalue weighted by Crippen LogP contribution is -2.27. The zero-order chi connectivity index (χ0) is 50.2. The average molecular weight is 979 g/mol. The molecule has 0 radical (unpaired) electrons. The molecule has 10 heteroatoms. The van der Waals surface area contributed by atoms with Gasteiger partial charge in [-0.05, 0) is 180 Å². The molecule has 1 atom stereocenters. The van der Waals surface area contributed by atoms with Gasteiger partial charge in [0.15, 0.2) is 18.9 Å². The van der Waals surface area contributed by atoms with Crippen molar-refractivity contribution in [2.45, 2.75) is 258 Å². The maximum absolute atomic E-state index is 12.5. The highest BCUT2D eigenvalue weighted by atomic mass is 16.7. The SMILES string of the molecule is CC/C=C\CCCCOC(CCCC(=O)OCCCCCCCN(CCCO)CCCCCCCOC(O)CCCC(OCCCC/C=C\CC)OCCCC/C=C\CC)OCCCC/C=C\CC. The molecule has 406 valence electrons. The highest BCUT2D eigenvalue weighted by Gasteiger charge is 2.14. The molecule has 0 saturated heterocycles. The van der Waals surface area contributed by atoms with Crippen LogP contribution in [0.4, 0.5) is 0 Å². The fourth-order valence-corrected chi connectivity index (χ4v) is 7.88. The van der Waals surface area contributed by atoms with Gasteiger partial charge in [-0.2, -0.15) is 0 Å². The summed E-state index contributed by atoms with van der Waals surface area (Å²) in [6.07, 6.45) is 49.7. The van der Waals surface area contributed by atoms with Gasteiger partial charge >= 0.3 is 5.97 Å². The van der Waals surface area contributed by atoms with E-state index in [0.717, 1.165) is 193 Å². The van der Waals surface area contributed by atoms with E-state index in [1.54, 1.807) is 0 Å². The molecule has 0 saturated carbocycles. The maximum Gasteiger partial charge on any atom is 0.305 e. The Morgan fingerprint density at radius 1 is 0.406 bits per heavy atom. The fraction of sp³-hybridized carbons (Fsp3) is 0.847. The summed E-state index contributed by atoms with van der Waals surface area (Å²) in [4.78, 5) is 15.0. The molecule has 0 amide bonds. The first-order valence-electron chi connectivity index (χ1n) is 28.8. The second kappa shape index (κ2) is 57.0. The Labute approximate surface area is 425 Å². The van der Waals surface area contributed by atoms with Crippen LogP contribution in [0, 0.1) is 0 Å². The summed E-state index contributed by atoms with van der Waals surface area (Å²) in [5.41, 5.74) is 0. The quantitative estimate of drug-likeness (QED) is 0.0264. The number of aliphatic hydroxyl groups excluding tert-OH is 2. The lowest BCUT2D eigenvalue weighted by molar-refractivity contribution is -0.153. The molecular weight excluding hydrogens is 867 g/mol. The molecule has 0 aliphatic heterocycles. The summed E-state index contributed by atoms with van der Waals surface area (Å²) >= 11 is 0. The van der Waals surface area contributed by atoms with Gasteiger partial charge in [0.25, 0.3) is 0 Å². The van der Waals surface area contributed by atoms with Crippen LogP contribution in [0.2, 0.25) is 0 Å². The Bertz CT molecular complexity index is 1100. The van der Waals surface area contributed by atoms with Crippen molar-refractivity contribution >= 4 is 5.97 Å².